The van der Waals surface area contributed by atoms with Gasteiger partial charge in [0.05, 0.1) is 5.56 Å². The van der Waals surface area contributed by atoms with E-state index in [9.17, 15) is 0 Å². The highest BCUT2D eigenvalue weighted by Crippen LogP contribution is 2.50. The van der Waals surface area contributed by atoms with Crippen LogP contribution in [0.2, 0.25) is 0 Å². The minimum atomic E-state index is -0.834. The van der Waals surface area contributed by atoms with Gasteiger partial charge in [-0.25, -0.2) is 9.98 Å². The summed E-state index contributed by atoms with van der Waals surface area (Å²) in [6, 6.07) is 7.99. The van der Waals surface area contributed by atoms with Crippen molar-refractivity contribution in [3.63, 3.8) is 0 Å². The molecule has 0 aliphatic carbocycles. The van der Waals surface area contributed by atoms with Gasteiger partial charge in [0.15, 0.2) is 5.54 Å². The van der Waals surface area contributed by atoms with Gasteiger partial charge in [-0.2, -0.15) is 0 Å². The number of fused-ring (bicyclic) bond motifs is 4. The van der Waals surface area contributed by atoms with E-state index in [1.807, 2.05) is 24.3 Å². The summed E-state index contributed by atoms with van der Waals surface area (Å²) in [6.07, 6.45) is 1.72. The molecule has 5 nitrogen and oxygen atoms in total. The zero-order chi connectivity index (χ0) is 22.4. The summed E-state index contributed by atoms with van der Waals surface area (Å²) in [4.78, 5) is 9.25. The minimum Gasteiger partial charge on any atom is -0.462 e. The van der Waals surface area contributed by atoms with Crippen molar-refractivity contribution in [1.29, 1.82) is 0 Å². The summed E-state index contributed by atoms with van der Waals surface area (Å²) in [7, 11) is 0. The first kappa shape index (κ1) is 20.8. The van der Waals surface area contributed by atoms with Gasteiger partial charge in [-0.05, 0) is 65.8 Å². The Bertz CT molecular complexity index is 1120. The lowest BCUT2D eigenvalue weighted by atomic mass is 9.81. The molecule has 31 heavy (non-hydrogen) atoms. The molecule has 0 saturated carbocycles. The molecule has 0 radical (unpaired) electrons. The van der Waals surface area contributed by atoms with Crippen LogP contribution in [0.1, 0.15) is 63.8 Å². The molecular formula is C26H27N3O2. The van der Waals surface area contributed by atoms with E-state index in [2.05, 4.69) is 70.2 Å². The Morgan fingerprint density at radius 1 is 0.935 bits per heavy atom. The average Bonchev–Trinajstić information content (AvgIpc) is 3.07. The highest BCUT2D eigenvalue weighted by molar-refractivity contribution is 5.76. The highest BCUT2D eigenvalue weighted by Gasteiger charge is 2.47. The van der Waals surface area contributed by atoms with Crippen LogP contribution < -0.4 is 10.5 Å². The van der Waals surface area contributed by atoms with Gasteiger partial charge in [0.2, 0.25) is 5.88 Å². The second-order valence-corrected chi connectivity index (χ2v) is 9.99. The summed E-state index contributed by atoms with van der Waals surface area (Å²) in [5.74, 6) is 14.2. The number of aliphatic imine (C=N–C) groups is 1. The third-order valence-corrected chi connectivity index (χ3v) is 4.82. The van der Waals surface area contributed by atoms with Crippen molar-refractivity contribution in [3.05, 3.63) is 52.7 Å². The van der Waals surface area contributed by atoms with E-state index in [1.165, 1.54) is 0 Å². The van der Waals surface area contributed by atoms with E-state index in [0.29, 0.717) is 11.6 Å². The first-order chi connectivity index (χ1) is 14.5. The van der Waals surface area contributed by atoms with Crippen LogP contribution >= 0.6 is 0 Å². The topological polar surface area (TPSA) is 69.7 Å². The predicted octanol–water partition coefficient (Wildman–Crippen LogP) is 4.57. The molecule has 2 aromatic rings. The molecule has 0 amide bonds. The Morgan fingerprint density at radius 3 is 2.19 bits per heavy atom. The number of rotatable bonds is 0. The van der Waals surface area contributed by atoms with E-state index in [1.54, 1.807) is 6.20 Å². The minimum absolute atomic E-state index is 0.0969. The normalized spacial score (nSPS) is 19.0. The van der Waals surface area contributed by atoms with Crippen LogP contribution in [0.25, 0.3) is 0 Å². The molecule has 0 saturated heterocycles. The molecule has 0 bridgehead atoms. The van der Waals surface area contributed by atoms with E-state index >= 15 is 0 Å². The lowest BCUT2D eigenvalue weighted by Crippen LogP contribution is -2.31. The third-order valence-electron chi connectivity index (χ3n) is 4.82. The van der Waals surface area contributed by atoms with Crippen molar-refractivity contribution < 1.29 is 9.47 Å². The number of pyridine rings is 1. The number of benzene rings is 1. The number of aromatic nitrogens is 1. The molecule has 2 aliphatic rings. The van der Waals surface area contributed by atoms with Gasteiger partial charge in [0.25, 0.3) is 6.02 Å². The van der Waals surface area contributed by atoms with E-state index in [4.69, 9.17) is 20.2 Å². The van der Waals surface area contributed by atoms with Crippen LogP contribution in [0.3, 0.4) is 0 Å². The van der Waals surface area contributed by atoms with E-state index < -0.39 is 5.54 Å². The molecule has 1 aromatic heterocycles. The number of hydrogen-bond donors (Lipinski definition) is 1. The Hall–Kier alpha value is -3.44. The smallest absolute Gasteiger partial charge is 0.283 e. The molecule has 1 spiro atoms. The van der Waals surface area contributed by atoms with E-state index in [0.717, 1.165) is 22.3 Å². The lowest BCUT2D eigenvalue weighted by molar-refractivity contribution is 0.262. The van der Waals surface area contributed by atoms with Crippen molar-refractivity contribution in [1.82, 2.24) is 4.98 Å². The molecule has 2 N–H and O–H groups in total. The molecule has 158 valence electrons. The van der Waals surface area contributed by atoms with Crippen molar-refractivity contribution in [2.75, 3.05) is 6.61 Å². The second-order valence-electron chi connectivity index (χ2n) is 9.99. The summed E-state index contributed by atoms with van der Waals surface area (Å²) in [5.41, 5.74) is 8.27. The largest absolute Gasteiger partial charge is 0.462 e. The third kappa shape index (κ3) is 4.23. The molecule has 1 aromatic carbocycles. The fourth-order valence-electron chi connectivity index (χ4n) is 3.39. The van der Waals surface area contributed by atoms with Crippen LogP contribution in [-0.4, -0.2) is 17.6 Å². The standard InChI is InChI=1S/C26H27N3O2/c1-24(2,3)11-9-17-7-8-21-19(13-17)26(16-30-23(27)29-26)20-14-18(10-12-25(4,5)6)15-28-22(20)31-21/h7-8,13-15H,16H2,1-6H3,(H2,27,29)/t26-/m0/s1. The molecule has 0 fully saturated rings. The molecule has 2 aliphatic heterocycles. The van der Waals surface area contributed by atoms with Crippen LogP contribution in [0.4, 0.5) is 0 Å². The first-order valence-corrected chi connectivity index (χ1v) is 10.3. The monoisotopic (exact) mass is 413 g/mol. The average molecular weight is 414 g/mol. The molecule has 0 unspecified atom stereocenters. The maximum absolute atomic E-state index is 6.13. The predicted molar refractivity (Wildman–Crippen MR) is 122 cm³/mol. The van der Waals surface area contributed by atoms with Crippen LogP contribution in [-0.2, 0) is 10.3 Å². The van der Waals surface area contributed by atoms with Gasteiger partial charge in [-0.1, -0.05) is 23.7 Å². The van der Waals surface area contributed by atoms with Crippen LogP contribution in [0, 0.1) is 34.5 Å². The summed E-state index contributed by atoms with van der Waals surface area (Å²) >= 11 is 0. The Kier molecular flexibility index (Phi) is 4.74. The number of nitrogens with two attached hydrogens (primary N) is 1. The van der Waals surface area contributed by atoms with Gasteiger partial charge in [0.1, 0.15) is 12.4 Å². The van der Waals surface area contributed by atoms with Gasteiger partial charge >= 0.3 is 0 Å². The zero-order valence-electron chi connectivity index (χ0n) is 18.9. The first-order valence-electron chi connectivity index (χ1n) is 10.3. The summed E-state index contributed by atoms with van der Waals surface area (Å²) < 4.78 is 11.8. The van der Waals surface area contributed by atoms with Crippen molar-refractivity contribution >= 4 is 6.02 Å². The SMILES string of the molecule is CC(C)(C)C#Cc1ccc2c(c1)[C@@]1(COC(N)=N1)c1cc(C#CC(C)(C)C)cnc1O2. The molecule has 4 rings (SSSR count). The van der Waals surface area contributed by atoms with Gasteiger partial charge < -0.3 is 15.2 Å². The number of hydrogen-bond acceptors (Lipinski definition) is 5. The van der Waals surface area contributed by atoms with Crippen LogP contribution in [0.15, 0.2) is 35.5 Å². The molecule has 1 atom stereocenters. The quantitative estimate of drug-likeness (QED) is 0.642. The van der Waals surface area contributed by atoms with Crippen molar-refractivity contribution in [3.8, 4) is 35.3 Å². The Balaban J connectivity index is 1.87. The molecular weight excluding hydrogens is 386 g/mol. The number of amidine groups is 1. The Labute approximate surface area is 184 Å². The maximum Gasteiger partial charge on any atom is 0.283 e. The zero-order valence-corrected chi connectivity index (χ0v) is 18.9. The number of ether oxygens (including phenoxy) is 2. The van der Waals surface area contributed by atoms with Crippen LogP contribution in [0.5, 0.6) is 11.6 Å². The van der Waals surface area contributed by atoms with Gasteiger partial charge in [0, 0.05) is 33.7 Å². The van der Waals surface area contributed by atoms with Crippen molar-refractivity contribution in [2.45, 2.75) is 47.1 Å². The molecule has 5 heteroatoms. The number of nitrogens with zero attached hydrogens (tertiary/aromatic N) is 2. The fourth-order valence-corrected chi connectivity index (χ4v) is 3.39. The Morgan fingerprint density at radius 2 is 1.58 bits per heavy atom. The second kappa shape index (κ2) is 7.06. The highest BCUT2D eigenvalue weighted by atomic mass is 16.5. The fraction of sp³-hybridized carbons (Fsp3) is 0.385. The molecule has 3 heterocycles. The van der Waals surface area contributed by atoms with Gasteiger partial charge in [-0.3, -0.25) is 0 Å². The maximum atomic E-state index is 6.13. The summed E-state index contributed by atoms with van der Waals surface area (Å²) in [5, 5.41) is 0. The lowest BCUT2D eigenvalue weighted by Gasteiger charge is -2.32. The van der Waals surface area contributed by atoms with Crippen molar-refractivity contribution in [2.24, 2.45) is 21.6 Å². The summed E-state index contributed by atoms with van der Waals surface area (Å²) in [6.45, 7) is 12.7. The van der Waals surface area contributed by atoms with Gasteiger partial charge in [-0.15, -0.1) is 0 Å². The van der Waals surface area contributed by atoms with E-state index in [-0.39, 0.29) is 23.5 Å².